The van der Waals surface area contributed by atoms with Gasteiger partial charge < -0.3 is 10.4 Å². The van der Waals surface area contributed by atoms with E-state index in [0.717, 1.165) is 24.8 Å². The summed E-state index contributed by atoms with van der Waals surface area (Å²) in [5.41, 5.74) is -0.550. The molecule has 0 radical (unpaired) electrons. The molecule has 0 amide bonds. The van der Waals surface area contributed by atoms with Crippen LogP contribution in [0.5, 0.6) is 0 Å². The van der Waals surface area contributed by atoms with E-state index in [1.165, 1.54) is 17.9 Å². The maximum absolute atomic E-state index is 9.90. The fourth-order valence-corrected chi connectivity index (χ4v) is 3.66. The highest BCUT2D eigenvalue weighted by molar-refractivity contribution is 7.99. The molecule has 0 aromatic heterocycles. The molecule has 1 heterocycles. The summed E-state index contributed by atoms with van der Waals surface area (Å²) in [4.78, 5) is 0. The standard InChI is InChI=1S/C10H21NOS2/c1-10(12,8-13-2)7-11-5-9-3-4-14-6-9/h9,11-12H,3-8H2,1-2H3/t9-,10-/m1/s1. The zero-order valence-corrected chi connectivity index (χ0v) is 10.7. The minimum atomic E-state index is -0.550. The van der Waals surface area contributed by atoms with Crippen LogP contribution in [0.2, 0.25) is 0 Å². The van der Waals surface area contributed by atoms with Crippen molar-refractivity contribution in [1.29, 1.82) is 0 Å². The molecule has 84 valence electrons. The summed E-state index contributed by atoms with van der Waals surface area (Å²) in [5.74, 6) is 4.23. The smallest absolute Gasteiger partial charge is 0.0833 e. The molecular weight excluding hydrogens is 214 g/mol. The zero-order chi connectivity index (χ0) is 10.4. The molecule has 0 spiro atoms. The van der Waals surface area contributed by atoms with Gasteiger partial charge in [-0.1, -0.05) is 0 Å². The molecule has 0 unspecified atom stereocenters. The summed E-state index contributed by atoms with van der Waals surface area (Å²) in [6.07, 6.45) is 3.37. The average Bonchev–Trinajstić information content (AvgIpc) is 2.56. The van der Waals surface area contributed by atoms with Crippen LogP contribution in [0, 0.1) is 5.92 Å². The number of rotatable bonds is 6. The quantitative estimate of drug-likeness (QED) is 0.730. The third-order valence-corrected chi connectivity index (χ3v) is 4.56. The van der Waals surface area contributed by atoms with Crippen molar-refractivity contribution in [3.05, 3.63) is 0 Å². The van der Waals surface area contributed by atoms with Gasteiger partial charge in [-0.3, -0.25) is 0 Å². The van der Waals surface area contributed by atoms with Gasteiger partial charge in [0.25, 0.3) is 0 Å². The fraction of sp³-hybridized carbons (Fsp3) is 1.00. The van der Waals surface area contributed by atoms with E-state index in [2.05, 4.69) is 5.32 Å². The zero-order valence-electron chi connectivity index (χ0n) is 9.08. The lowest BCUT2D eigenvalue weighted by atomic mass is 10.1. The second-order valence-corrected chi connectivity index (χ2v) is 6.31. The Morgan fingerprint density at radius 1 is 1.64 bits per heavy atom. The topological polar surface area (TPSA) is 32.3 Å². The van der Waals surface area contributed by atoms with Crippen LogP contribution in [0.25, 0.3) is 0 Å². The number of thioether (sulfide) groups is 2. The maximum Gasteiger partial charge on any atom is 0.0833 e. The van der Waals surface area contributed by atoms with Gasteiger partial charge in [-0.2, -0.15) is 23.5 Å². The molecule has 2 N–H and O–H groups in total. The molecule has 1 aliphatic rings. The molecule has 1 aliphatic heterocycles. The molecular formula is C10H21NOS2. The Kier molecular flexibility index (Phi) is 5.67. The summed E-state index contributed by atoms with van der Waals surface area (Å²) < 4.78 is 0. The van der Waals surface area contributed by atoms with Gasteiger partial charge in [-0.05, 0) is 43.6 Å². The van der Waals surface area contributed by atoms with Crippen molar-refractivity contribution >= 4 is 23.5 Å². The number of nitrogens with one attached hydrogen (secondary N) is 1. The normalized spacial score (nSPS) is 26.4. The van der Waals surface area contributed by atoms with Crippen molar-refractivity contribution in [1.82, 2.24) is 5.32 Å². The highest BCUT2D eigenvalue weighted by atomic mass is 32.2. The van der Waals surface area contributed by atoms with Gasteiger partial charge in [0.1, 0.15) is 0 Å². The van der Waals surface area contributed by atoms with Crippen LogP contribution in [0.4, 0.5) is 0 Å². The van der Waals surface area contributed by atoms with E-state index in [4.69, 9.17) is 0 Å². The second kappa shape index (κ2) is 6.26. The maximum atomic E-state index is 9.90. The van der Waals surface area contributed by atoms with Crippen molar-refractivity contribution in [2.45, 2.75) is 18.9 Å². The van der Waals surface area contributed by atoms with E-state index in [1.54, 1.807) is 11.8 Å². The highest BCUT2D eigenvalue weighted by Gasteiger charge is 2.20. The minimum Gasteiger partial charge on any atom is -0.388 e. The van der Waals surface area contributed by atoms with Crippen molar-refractivity contribution in [2.24, 2.45) is 5.92 Å². The lowest BCUT2D eigenvalue weighted by molar-refractivity contribution is 0.0841. The van der Waals surface area contributed by atoms with Gasteiger partial charge in [0.05, 0.1) is 5.60 Å². The number of aliphatic hydroxyl groups is 1. The first-order valence-electron chi connectivity index (χ1n) is 5.14. The van der Waals surface area contributed by atoms with Crippen molar-refractivity contribution in [3.8, 4) is 0 Å². The molecule has 4 heteroatoms. The van der Waals surface area contributed by atoms with Crippen LogP contribution in [0.3, 0.4) is 0 Å². The van der Waals surface area contributed by atoms with Gasteiger partial charge in [-0.25, -0.2) is 0 Å². The Bertz CT molecular complexity index is 158. The third-order valence-electron chi connectivity index (χ3n) is 2.42. The van der Waals surface area contributed by atoms with E-state index >= 15 is 0 Å². The summed E-state index contributed by atoms with van der Waals surface area (Å²) in [6, 6.07) is 0. The Morgan fingerprint density at radius 3 is 3.00 bits per heavy atom. The third kappa shape index (κ3) is 4.91. The monoisotopic (exact) mass is 235 g/mol. The van der Waals surface area contributed by atoms with Crippen LogP contribution >= 0.6 is 23.5 Å². The van der Waals surface area contributed by atoms with Gasteiger partial charge in [0.15, 0.2) is 0 Å². The predicted molar refractivity (Wildman–Crippen MR) is 67.3 cm³/mol. The van der Waals surface area contributed by atoms with Crippen molar-refractivity contribution in [2.75, 3.05) is 36.6 Å². The molecule has 14 heavy (non-hydrogen) atoms. The Labute approximate surface area is 95.6 Å². The molecule has 0 aliphatic carbocycles. The SMILES string of the molecule is CSC[C@](C)(O)CNC[C@H]1CCSC1. The molecule has 2 nitrogen and oxygen atoms in total. The largest absolute Gasteiger partial charge is 0.388 e. The average molecular weight is 235 g/mol. The minimum absolute atomic E-state index is 0.550. The molecule has 1 rings (SSSR count). The van der Waals surface area contributed by atoms with E-state index < -0.39 is 5.60 Å². The first-order valence-corrected chi connectivity index (χ1v) is 7.69. The van der Waals surface area contributed by atoms with Crippen LogP contribution in [-0.4, -0.2) is 47.3 Å². The first-order chi connectivity index (χ1) is 6.64. The van der Waals surface area contributed by atoms with E-state index in [9.17, 15) is 5.11 Å². The first kappa shape index (κ1) is 12.7. The number of hydrogen-bond acceptors (Lipinski definition) is 4. The molecule has 0 aromatic rings. The van der Waals surface area contributed by atoms with Gasteiger partial charge in [-0.15, -0.1) is 0 Å². The van der Waals surface area contributed by atoms with Gasteiger partial charge in [0, 0.05) is 12.3 Å². The van der Waals surface area contributed by atoms with Crippen LogP contribution in [0.15, 0.2) is 0 Å². The summed E-state index contributed by atoms with van der Waals surface area (Å²) in [6.45, 7) is 3.69. The van der Waals surface area contributed by atoms with Crippen LogP contribution in [0.1, 0.15) is 13.3 Å². The van der Waals surface area contributed by atoms with Crippen molar-refractivity contribution in [3.63, 3.8) is 0 Å². The van der Waals surface area contributed by atoms with Crippen LogP contribution < -0.4 is 5.32 Å². The molecule has 0 saturated carbocycles. The molecule has 1 saturated heterocycles. The van der Waals surface area contributed by atoms with E-state index in [-0.39, 0.29) is 0 Å². The lowest BCUT2D eigenvalue weighted by Gasteiger charge is -2.23. The Balaban J connectivity index is 2.07. The second-order valence-electron chi connectivity index (χ2n) is 4.29. The van der Waals surface area contributed by atoms with E-state index in [0.29, 0.717) is 0 Å². The Hall–Kier alpha value is 0.620. The lowest BCUT2D eigenvalue weighted by Crippen LogP contribution is -2.41. The van der Waals surface area contributed by atoms with Crippen LogP contribution in [-0.2, 0) is 0 Å². The fourth-order valence-electron chi connectivity index (χ4n) is 1.65. The van der Waals surface area contributed by atoms with Gasteiger partial charge in [0.2, 0.25) is 0 Å². The summed E-state index contributed by atoms with van der Waals surface area (Å²) >= 11 is 3.74. The Morgan fingerprint density at radius 2 is 2.43 bits per heavy atom. The summed E-state index contributed by atoms with van der Waals surface area (Å²) in [5, 5.41) is 13.3. The summed E-state index contributed by atoms with van der Waals surface area (Å²) in [7, 11) is 0. The molecule has 0 aromatic carbocycles. The highest BCUT2D eigenvalue weighted by Crippen LogP contribution is 2.22. The van der Waals surface area contributed by atoms with Gasteiger partial charge >= 0.3 is 0 Å². The van der Waals surface area contributed by atoms with Crippen molar-refractivity contribution < 1.29 is 5.11 Å². The predicted octanol–water partition coefficient (Wildman–Crippen LogP) is 1.44. The molecule has 1 fully saturated rings. The number of hydrogen-bond donors (Lipinski definition) is 2. The molecule has 0 bridgehead atoms. The van der Waals surface area contributed by atoms with E-state index in [1.807, 2.05) is 24.9 Å². The molecule has 2 atom stereocenters.